The van der Waals surface area contributed by atoms with E-state index in [0.29, 0.717) is 17.9 Å². The van der Waals surface area contributed by atoms with Gasteiger partial charge in [-0.15, -0.1) is 0 Å². The van der Waals surface area contributed by atoms with Gasteiger partial charge in [0.2, 0.25) is 0 Å². The molecule has 176 valence electrons. The van der Waals surface area contributed by atoms with Gasteiger partial charge in [0, 0.05) is 12.1 Å². The van der Waals surface area contributed by atoms with Crippen molar-refractivity contribution in [2.24, 2.45) is 5.92 Å². The highest BCUT2D eigenvalue weighted by Gasteiger charge is 2.20. The van der Waals surface area contributed by atoms with Crippen molar-refractivity contribution in [3.63, 3.8) is 0 Å². The van der Waals surface area contributed by atoms with E-state index in [0.717, 1.165) is 23.7 Å². The molecular weight excluding hydrogens is 420 g/mol. The van der Waals surface area contributed by atoms with E-state index in [9.17, 15) is 9.59 Å². The number of amides is 2. The van der Waals surface area contributed by atoms with Crippen molar-refractivity contribution >= 4 is 17.9 Å². The lowest BCUT2D eigenvalue weighted by molar-refractivity contribution is -0.117. The maximum atomic E-state index is 12.8. The fourth-order valence-electron chi connectivity index (χ4n) is 3.15. The number of carbonyl (C=O) groups is 2. The second-order valence-corrected chi connectivity index (χ2v) is 8.33. The van der Waals surface area contributed by atoms with Crippen LogP contribution in [-0.4, -0.2) is 42.8 Å². The highest BCUT2D eigenvalue weighted by Crippen LogP contribution is 2.32. The molecule has 0 bridgehead atoms. The van der Waals surface area contributed by atoms with Crippen molar-refractivity contribution in [2.75, 3.05) is 19.8 Å². The molecule has 3 N–H and O–H groups in total. The number of aliphatic hydroxyl groups is 1. The predicted molar refractivity (Wildman–Crippen MR) is 127 cm³/mol. The minimum absolute atomic E-state index is 0.0560. The van der Waals surface area contributed by atoms with Crippen LogP contribution in [0.4, 0.5) is 0 Å². The summed E-state index contributed by atoms with van der Waals surface area (Å²) in [6.45, 7) is 4.45. The van der Waals surface area contributed by atoms with Crippen LogP contribution in [0.2, 0.25) is 0 Å². The van der Waals surface area contributed by atoms with Gasteiger partial charge < -0.3 is 25.2 Å². The maximum absolute atomic E-state index is 12.8. The number of aliphatic hydroxyl groups excluding tert-OH is 1. The maximum Gasteiger partial charge on any atom is 0.267 e. The Kier molecular flexibility index (Phi) is 8.89. The molecule has 1 aliphatic rings. The second kappa shape index (κ2) is 12.1. The average Bonchev–Trinajstić information content (AvgIpc) is 3.62. The quantitative estimate of drug-likeness (QED) is 0.428. The molecule has 2 amide bonds. The van der Waals surface area contributed by atoms with E-state index in [1.54, 1.807) is 54.6 Å². The van der Waals surface area contributed by atoms with Crippen molar-refractivity contribution < 1.29 is 24.2 Å². The lowest BCUT2D eigenvalue weighted by Gasteiger charge is -2.12. The molecule has 33 heavy (non-hydrogen) atoms. The highest BCUT2D eigenvalue weighted by atomic mass is 16.5. The van der Waals surface area contributed by atoms with Gasteiger partial charge in [0.15, 0.2) is 0 Å². The molecule has 1 aliphatic carbocycles. The Labute approximate surface area is 194 Å². The number of nitrogens with one attached hydrogen (secondary N) is 2. The molecule has 2 aromatic rings. The van der Waals surface area contributed by atoms with Crippen molar-refractivity contribution in [3.8, 4) is 11.5 Å². The van der Waals surface area contributed by atoms with Crippen LogP contribution >= 0.6 is 0 Å². The van der Waals surface area contributed by atoms with Crippen LogP contribution in [0, 0.1) is 5.92 Å². The first-order chi connectivity index (χ1) is 15.9. The van der Waals surface area contributed by atoms with E-state index in [1.165, 1.54) is 12.8 Å². The average molecular weight is 453 g/mol. The summed E-state index contributed by atoms with van der Waals surface area (Å²) in [4.78, 5) is 25.3. The van der Waals surface area contributed by atoms with Crippen molar-refractivity contribution in [2.45, 2.75) is 39.2 Å². The zero-order valence-corrected chi connectivity index (χ0v) is 19.2. The summed E-state index contributed by atoms with van der Waals surface area (Å²) in [7, 11) is 0. The van der Waals surface area contributed by atoms with E-state index < -0.39 is 11.8 Å². The van der Waals surface area contributed by atoms with Crippen LogP contribution in [0.3, 0.4) is 0 Å². The molecule has 7 heteroatoms. The van der Waals surface area contributed by atoms with E-state index in [2.05, 4.69) is 10.6 Å². The molecular formula is C26H32N2O5. The highest BCUT2D eigenvalue weighted by molar-refractivity contribution is 6.05. The van der Waals surface area contributed by atoms with E-state index in [1.807, 2.05) is 13.8 Å². The van der Waals surface area contributed by atoms with Gasteiger partial charge in [-0.1, -0.05) is 25.0 Å². The summed E-state index contributed by atoms with van der Waals surface area (Å²) < 4.78 is 11.4. The molecule has 0 unspecified atom stereocenters. The smallest absolute Gasteiger partial charge is 0.267 e. The molecule has 7 nitrogen and oxygen atoms in total. The number of hydrogen-bond donors (Lipinski definition) is 3. The zero-order valence-electron chi connectivity index (χ0n) is 19.2. The van der Waals surface area contributed by atoms with Crippen molar-refractivity contribution in [1.29, 1.82) is 0 Å². The fraction of sp³-hybridized carbons (Fsp3) is 0.385. The van der Waals surface area contributed by atoms with E-state index >= 15 is 0 Å². The summed E-state index contributed by atoms with van der Waals surface area (Å²) in [6, 6.07) is 14.1. The molecule has 0 aliphatic heterocycles. The van der Waals surface area contributed by atoms with Crippen LogP contribution < -0.4 is 20.1 Å². The van der Waals surface area contributed by atoms with E-state index in [-0.39, 0.29) is 25.0 Å². The topological polar surface area (TPSA) is 96.9 Å². The Hall–Kier alpha value is -3.32. The first-order valence-corrected chi connectivity index (χ1v) is 11.4. The third kappa shape index (κ3) is 8.27. The van der Waals surface area contributed by atoms with E-state index in [4.69, 9.17) is 14.6 Å². The summed E-state index contributed by atoms with van der Waals surface area (Å²) in [5, 5.41) is 14.3. The Balaban J connectivity index is 1.67. The van der Waals surface area contributed by atoms with Gasteiger partial charge >= 0.3 is 0 Å². The van der Waals surface area contributed by atoms with Crippen molar-refractivity contribution in [1.82, 2.24) is 10.6 Å². The monoisotopic (exact) mass is 452 g/mol. The largest absolute Gasteiger partial charge is 0.494 e. The van der Waals surface area contributed by atoms with Crippen LogP contribution in [0.1, 0.15) is 49.0 Å². The molecule has 0 saturated heterocycles. The molecule has 0 radical (unpaired) electrons. The second-order valence-electron chi connectivity index (χ2n) is 8.33. The van der Waals surface area contributed by atoms with Gasteiger partial charge in [0.1, 0.15) is 17.2 Å². The molecule has 0 spiro atoms. The van der Waals surface area contributed by atoms with Crippen LogP contribution in [0.5, 0.6) is 11.5 Å². The van der Waals surface area contributed by atoms with Crippen LogP contribution in [-0.2, 0) is 4.79 Å². The Morgan fingerprint density at radius 1 is 1.06 bits per heavy atom. The van der Waals surface area contributed by atoms with Gasteiger partial charge in [-0.2, -0.15) is 0 Å². The molecule has 1 fully saturated rings. The minimum Gasteiger partial charge on any atom is -0.494 e. The SMILES string of the molecule is CC(C)Oc1ccc(/C=C(/NC(=O)c2ccc(OCCC3CC3)cc2)C(=O)NCCO)cc1. The minimum atomic E-state index is -0.486. The van der Waals surface area contributed by atoms with Crippen LogP contribution in [0.25, 0.3) is 6.08 Å². The normalized spacial score (nSPS) is 13.5. The number of rotatable bonds is 12. The standard InChI is InChI=1S/C26H32N2O5/c1-18(2)33-23-9-5-20(6-10-23)17-24(26(31)27-14-15-29)28-25(30)21-7-11-22(12-8-21)32-16-13-19-3-4-19/h5-12,17-19,29H,3-4,13-16H2,1-2H3,(H,27,31)(H,28,30)/b24-17+. The molecule has 0 heterocycles. The molecule has 3 rings (SSSR count). The first-order valence-electron chi connectivity index (χ1n) is 11.4. The number of benzene rings is 2. The zero-order chi connectivity index (χ0) is 23.6. The van der Waals surface area contributed by atoms with Gasteiger partial charge in [-0.3, -0.25) is 9.59 Å². The number of carbonyl (C=O) groups excluding carboxylic acids is 2. The summed E-state index contributed by atoms with van der Waals surface area (Å²) in [6.07, 6.45) is 5.28. The molecule has 2 aromatic carbocycles. The molecule has 1 saturated carbocycles. The van der Waals surface area contributed by atoms with Gasteiger partial charge in [0.25, 0.3) is 11.8 Å². The van der Waals surface area contributed by atoms with Gasteiger partial charge in [-0.05, 0) is 74.2 Å². The third-order valence-electron chi connectivity index (χ3n) is 5.06. The lowest BCUT2D eigenvalue weighted by atomic mass is 10.1. The predicted octanol–water partition coefficient (Wildman–Crippen LogP) is 3.53. The Morgan fingerprint density at radius 2 is 1.73 bits per heavy atom. The molecule has 0 atom stereocenters. The number of ether oxygens (including phenoxy) is 2. The lowest BCUT2D eigenvalue weighted by Crippen LogP contribution is -2.36. The van der Waals surface area contributed by atoms with Gasteiger partial charge in [0.05, 0.1) is 19.3 Å². The fourth-order valence-corrected chi connectivity index (χ4v) is 3.15. The third-order valence-corrected chi connectivity index (χ3v) is 5.06. The van der Waals surface area contributed by atoms with Crippen LogP contribution in [0.15, 0.2) is 54.2 Å². The Bertz CT molecular complexity index is 948. The first kappa shape index (κ1) is 24.3. The summed E-state index contributed by atoms with van der Waals surface area (Å²) in [5.74, 6) is 1.34. The Morgan fingerprint density at radius 3 is 2.33 bits per heavy atom. The summed E-state index contributed by atoms with van der Waals surface area (Å²) in [5.41, 5.74) is 1.21. The number of hydrogen-bond acceptors (Lipinski definition) is 5. The summed E-state index contributed by atoms with van der Waals surface area (Å²) >= 11 is 0. The van der Waals surface area contributed by atoms with Gasteiger partial charge in [-0.25, -0.2) is 0 Å². The van der Waals surface area contributed by atoms with Crippen molar-refractivity contribution in [3.05, 3.63) is 65.4 Å². The molecule has 0 aromatic heterocycles.